The number of ether oxygens (including phenoxy) is 3. The number of rotatable bonds is 3. The smallest absolute Gasteiger partial charge is 0.184 e. The summed E-state index contributed by atoms with van der Waals surface area (Å²) in [6, 6.07) is 19.2. The highest BCUT2D eigenvalue weighted by molar-refractivity contribution is 7.99. The highest BCUT2D eigenvalue weighted by atomic mass is 32.2. The zero-order chi connectivity index (χ0) is 17.2. The van der Waals surface area contributed by atoms with E-state index in [4.69, 9.17) is 14.2 Å². The third-order valence-electron chi connectivity index (χ3n) is 4.40. The zero-order valence-electron chi connectivity index (χ0n) is 13.5. The van der Waals surface area contributed by atoms with E-state index in [2.05, 4.69) is 0 Å². The second kappa shape index (κ2) is 7.45. The van der Waals surface area contributed by atoms with E-state index in [1.165, 1.54) is 11.8 Å². The lowest BCUT2D eigenvalue weighted by atomic mass is 9.99. The van der Waals surface area contributed by atoms with Crippen molar-refractivity contribution in [2.45, 2.75) is 41.0 Å². The molecule has 0 amide bonds. The molecule has 2 saturated heterocycles. The van der Waals surface area contributed by atoms with Gasteiger partial charge >= 0.3 is 0 Å². The van der Waals surface area contributed by atoms with Crippen LogP contribution in [0.2, 0.25) is 0 Å². The number of hydrogen-bond acceptors (Lipinski definition) is 6. The second-order valence-electron chi connectivity index (χ2n) is 6.13. The van der Waals surface area contributed by atoms with Gasteiger partial charge in [0, 0.05) is 10.5 Å². The van der Waals surface area contributed by atoms with Gasteiger partial charge in [0.25, 0.3) is 0 Å². The molecule has 0 spiro atoms. The highest BCUT2D eigenvalue weighted by Crippen LogP contribution is 2.38. The minimum atomic E-state index is -1.04. The molecule has 2 fully saturated rings. The van der Waals surface area contributed by atoms with Crippen LogP contribution in [0.5, 0.6) is 0 Å². The van der Waals surface area contributed by atoms with Gasteiger partial charge < -0.3 is 24.4 Å². The summed E-state index contributed by atoms with van der Waals surface area (Å²) in [7, 11) is 0. The molecule has 4 unspecified atom stereocenters. The largest absolute Gasteiger partial charge is 0.387 e. The number of hydrogen-bond donors (Lipinski definition) is 2. The minimum Gasteiger partial charge on any atom is -0.387 e. The summed E-state index contributed by atoms with van der Waals surface area (Å²) in [5.41, 5.74) is 0.308. The Kier molecular flexibility index (Phi) is 5.08. The first-order valence-corrected chi connectivity index (χ1v) is 9.15. The topological polar surface area (TPSA) is 68.2 Å². The van der Waals surface area contributed by atoms with Gasteiger partial charge in [-0.3, -0.25) is 0 Å². The van der Waals surface area contributed by atoms with Gasteiger partial charge in [0.05, 0.1) is 6.61 Å². The predicted molar refractivity (Wildman–Crippen MR) is 93.0 cm³/mol. The fraction of sp³-hybridized carbons (Fsp3) is 0.368. The van der Waals surface area contributed by atoms with Crippen molar-refractivity contribution in [2.75, 3.05) is 6.61 Å². The van der Waals surface area contributed by atoms with Gasteiger partial charge in [-0.05, 0) is 12.1 Å². The van der Waals surface area contributed by atoms with Crippen molar-refractivity contribution in [3.8, 4) is 0 Å². The molecule has 0 saturated carbocycles. The van der Waals surface area contributed by atoms with E-state index < -0.39 is 36.1 Å². The van der Waals surface area contributed by atoms with Crippen LogP contribution in [0.4, 0.5) is 0 Å². The van der Waals surface area contributed by atoms with Crippen LogP contribution in [-0.4, -0.2) is 46.7 Å². The van der Waals surface area contributed by atoms with Crippen LogP contribution in [0.25, 0.3) is 0 Å². The molecule has 5 nitrogen and oxygen atoms in total. The Morgan fingerprint density at radius 2 is 1.52 bits per heavy atom. The predicted octanol–water partition coefficient (Wildman–Crippen LogP) is 2.34. The summed E-state index contributed by atoms with van der Waals surface area (Å²) in [5.74, 6) is 0. The molecule has 0 bridgehead atoms. The summed E-state index contributed by atoms with van der Waals surface area (Å²) < 4.78 is 17.6. The molecule has 2 aromatic carbocycles. The summed E-state index contributed by atoms with van der Waals surface area (Å²) in [4.78, 5) is 0.969. The van der Waals surface area contributed by atoms with Crippen molar-refractivity contribution < 1.29 is 24.4 Å². The van der Waals surface area contributed by atoms with Crippen LogP contribution < -0.4 is 0 Å². The fourth-order valence-electron chi connectivity index (χ4n) is 3.09. The van der Waals surface area contributed by atoms with Gasteiger partial charge in [0.2, 0.25) is 0 Å². The summed E-state index contributed by atoms with van der Waals surface area (Å²) >= 11 is 1.39. The molecule has 2 heterocycles. The number of benzene rings is 2. The Bertz CT molecular complexity index is 681. The number of fused-ring (bicyclic) bond motifs is 1. The van der Waals surface area contributed by atoms with E-state index >= 15 is 0 Å². The maximum atomic E-state index is 10.6. The van der Waals surface area contributed by atoms with Crippen LogP contribution in [-0.2, 0) is 14.2 Å². The molecular weight excluding hydrogens is 340 g/mol. The molecule has 6 heteroatoms. The van der Waals surface area contributed by atoms with E-state index in [9.17, 15) is 10.2 Å². The van der Waals surface area contributed by atoms with Gasteiger partial charge in [-0.15, -0.1) is 0 Å². The monoisotopic (exact) mass is 360 g/mol. The number of aliphatic hydroxyl groups is 2. The van der Waals surface area contributed by atoms with Gasteiger partial charge in [-0.1, -0.05) is 60.3 Å². The van der Waals surface area contributed by atoms with Gasteiger partial charge in [-0.25, -0.2) is 0 Å². The van der Waals surface area contributed by atoms with Crippen LogP contribution in [0.15, 0.2) is 65.6 Å². The summed E-state index contributed by atoms with van der Waals surface area (Å²) in [6.45, 7) is 0.305. The molecule has 132 valence electrons. The Balaban J connectivity index is 1.46. The number of thioether (sulfide) groups is 1. The maximum absolute atomic E-state index is 10.6. The van der Waals surface area contributed by atoms with Gasteiger partial charge in [0.1, 0.15) is 29.9 Å². The first-order valence-electron chi connectivity index (χ1n) is 8.28. The zero-order valence-corrected chi connectivity index (χ0v) is 14.3. The van der Waals surface area contributed by atoms with E-state index in [0.717, 1.165) is 10.5 Å². The van der Waals surface area contributed by atoms with Crippen molar-refractivity contribution in [1.82, 2.24) is 0 Å². The quantitative estimate of drug-likeness (QED) is 0.876. The Morgan fingerprint density at radius 3 is 2.24 bits per heavy atom. The highest BCUT2D eigenvalue weighted by Gasteiger charge is 2.49. The first-order chi connectivity index (χ1) is 12.2. The van der Waals surface area contributed by atoms with Crippen molar-refractivity contribution in [3.05, 3.63) is 66.2 Å². The average Bonchev–Trinajstić information content (AvgIpc) is 2.67. The second-order valence-corrected chi connectivity index (χ2v) is 7.30. The SMILES string of the molecule is OC1C(O)[C@H](Sc2ccccc2)OC2COC(c3ccccc3)O[C@H]21. The van der Waals surface area contributed by atoms with Crippen LogP contribution in [0, 0.1) is 0 Å². The molecular formula is C19H20O5S. The van der Waals surface area contributed by atoms with Crippen molar-refractivity contribution in [1.29, 1.82) is 0 Å². The van der Waals surface area contributed by atoms with Crippen molar-refractivity contribution in [2.24, 2.45) is 0 Å². The lowest BCUT2D eigenvalue weighted by Crippen LogP contribution is -2.60. The third kappa shape index (κ3) is 3.60. The Hall–Kier alpha value is -1.41. The molecule has 25 heavy (non-hydrogen) atoms. The van der Waals surface area contributed by atoms with E-state index in [0.29, 0.717) is 6.61 Å². The molecule has 2 aliphatic heterocycles. The molecule has 0 aliphatic carbocycles. The molecule has 4 rings (SSSR count). The van der Waals surface area contributed by atoms with E-state index in [1.807, 2.05) is 60.7 Å². The van der Waals surface area contributed by atoms with Crippen molar-refractivity contribution >= 4 is 11.8 Å². The van der Waals surface area contributed by atoms with Crippen LogP contribution in [0.3, 0.4) is 0 Å². The Morgan fingerprint density at radius 1 is 0.840 bits per heavy atom. The first kappa shape index (κ1) is 17.0. The van der Waals surface area contributed by atoms with E-state index in [-0.39, 0.29) is 0 Å². The van der Waals surface area contributed by atoms with E-state index in [1.54, 1.807) is 0 Å². The molecule has 0 aromatic heterocycles. The molecule has 2 N–H and O–H groups in total. The Labute approximate surface area is 150 Å². The molecule has 0 radical (unpaired) electrons. The van der Waals surface area contributed by atoms with Crippen LogP contribution >= 0.6 is 11.8 Å². The molecule has 6 atom stereocenters. The lowest BCUT2D eigenvalue weighted by molar-refractivity contribution is -0.318. The summed E-state index contributed by atoms with van der Waals surface area (Å²) in [6.07, 6.45) is -3.68. The van der Waals surface area contributed by atoms with Crippen molar-refractivity contribution in [3.63, 3.8) is 0 Å². The lowest BCUT2D eigenvalue weighted by Gasteiger charge is -2.46. The van der Waals surface area contributed by atoms with Crippen LogP contribution in [0.1, 0.15) is 11.9 Å². The molecule has 2 aromatic rings. The number of aliphatic hydroxyl groups excluding tert-OH is 2. The standard InChI is InChI=1S/C19H20O5S/c20-15-16(21)19(25-13-9-5-2-6-10-13)23-14-11-22-18(24-17(14)15)12-7-3-1-4-8-12/h1-10,14-21H,11H2/t14?,15?,16?,17-,18?,19+/m1/s1. The van der Waals surface area contributed by atoms with Gasteiger partial charge in [0.15, 0.2) is 6.29 Å². The average molecular weight is 360 g/mol. The van der Waals surface area contributed by atoms with Gasteiger partial charge in [-0.2, -0.15) is 0 Å². The minimum absolute atomic E-state index is 0.305. The molecule has 2 aliphatic rings. The normalized spacial score (nSPS) is 35.1. The third-order valence-corrected chi connectivity index (χ3v) is 5.57. The maximum Gasteiger partial charge on any atom is 0.184 e. The fourth-order valence-corrected chi connectivity index (χ4v) is 4.17. The summed E-state index contributed by atoms with van der Waals surface area (Å²) in [5, 5.41) is 21.0.